The zero-order chi connectivity index (χ0) is 12.8. The second-order valence-electron chi connectivity index (χ2n) is 3.49. The van der Waals surface area contributed by atoms with Crippen molar-refractivity contribution in [2.24, 2.45) is 0 Å². The summed E-state index contributed by atoms with van der Waals surface area (Å²) >= 11 is 0. The smallest absolute Gasteiger partial charge is 0.239 e. The summed E-state index contributed by atoms with van der Waals surface area (Å²) in [5.74, 6) is 0.160. The zero-order valence-corrected chi connectivity index (χ0v) is 10.6. The van der Waals surface area contributed by atoms with E-state index in [0.717, 1.165) is 0 Å². The standard InChI is InChI=1S/C12H14N2O2S/c1-3-17(16)9(2)12(15)14-11-6-4-5-10(7-11)8-13/h4-7,9H,3H2,1-2H3,(H,14,15). The number of anilines is 1. The van der Waals surface area contributed by atoms with E-state index in [1.54, 1.807) is 38.1 Å². The molecule has 0 saturated heterocycles. The van der Waals surface area contributed by atoms with Gasteiger partial charge in [0.05, 0.1) is 11.6 Å². The van der Waals surface area contributed by atoms with Gasteiger partial charge in [0, 0.05) is 22.2 Å². The number of amides is 1. The summed E-state index contributed by atoms with van der Waals surface area (Å²) in [5.41, 5.74) is 1.03. The van der Waals surface area contributed by atoms with E-state index in [4.69, 9.17) is 5.26 Å². The summed E-state index contributed by atoms with van der Waals surface area (Å²) < 4.78 is 11.5. The minimum absolute atomic E-state index is 0.291. The summed E-state index contributed by atoms with van der Waals surface area (Å²) in [6, 6.07) is 8.62. The lowest BCUT2D eigenvalue weighted by Crippen LogP contribution is -2.29. The Balaban J connectivity index is 2.74. The highest BCUT2D eigenvalue weighted by molar-refractivity contribution is 7.86. The van der Waals surface area contributed by atoms with Gasteiger partial charge in [0.15, 0.2) is 0 Å². The average Bonchev–Trinajstić information content (AvgIpc) is 2.37. The molecule has 2 atom stereocenters. The molecule has 1 aromatic rings. The summed E-state index contributed by atoms with van der Waals surface area (Å²) in [7, 11) is -1.16. The summed E-state index contributed by atoms with van der Waals surface area (Å²) in [5, 5.41) is 10.8. The highest BCUT2D eigenvalue weighted by Gasteiger charge is 2.18. The maximum Gasteiger partial charge on any atom is 0.239 e. The van der Waals surface area contributed by atoms with Gasteiger partial charge >= 0.3 is 0 Å². The number of carbonyl (C=O) groups excluding carboxylic acids is 1. The first kappa shape index (κ1) is 13.4. The van der Waals surface area contributed by atoms with Gasteiger partial charge in [0.1, 0.15) is 5.25 Å². The van der Waals surface area contributed by atoms with Gasteiger partial charge in [0.2, 0.25) is 5.91 Å². The Morgan fingerprint density at radius 3 is 2.88 bits per heavy atom. The number of nitrogens with zero attached hydrogens (tertiary/aromatic N) is 1. The molecule has 0 bridgehead atoms. The van der Waals surface area contributed by atoms with Crippen molar-refractivity contribution in [3.63, 3.8) is 0 Å². The first-order valence-corrected chi connectivity index (χ1v) is 6.65. The number of nitrogens with one attached hydrogen (secondary N) is 1. The molecule has 0 aliphatic carbocycles. The van der Waals surface area contributed by atoms with E-state index in [2.05, 4.69) is 5.32 Å². The fourth-order valence-electron chi connectivity index (χ4n) is 1.28. The van der Waals surface area contributed by atoms with Crippen LogP contribution in [0.2, 0.25) is 0 Å². The van der Waals surface area contributed by atoms with Gasteiger partial charge in [-0.2, -0.15) is 5.26 Å². The van der Waals surface area contributed by atoms with E-state index in [-0.39, 0.29) is 5.91 Å². The van der Waals surface area contributed by atoms with Gasteiger partial charge < -0.3 is 5.32 Å². The van der Waals surface area contributed by atoms with E-state index in [1.165, 1.54) is 0 Å². The number of nitriles is 1. The molecule has 1 aromatic carbocycles. The van der Waals surface area contributed by atoms with Crippen molar-refractivity contribution in [1.29, 1.82) is 5.26 Å². The molecule has 0 aromatic heterocycles. The summed E-state index contributed by atoms with van der Waals surface area (Å²) in [4.78, 5) is 11.7. The number of benzene rings is 1. The van der Waals surface area contributed by atoms with Crippen molar-refractivity contribution in [2.45, 2.75) is 19.1 Å². The fourth-order valence-corrected chi connectivity index (χ4v) is 2.08. The Labute approximate surface area is 103 Å². The number of hydrogen-bond acceptors (Lipinski definition) is 3. The first-order chi connectivity index (χ1) is 8.08. The molecule has 1 rings (SSSR count). The lowest BCUT2D eigenvalue weighted by Gasteiger charge is -2.10. The molecule has 0 saturated carbocycles. The summed E-state index contributed by atoms with van der Waals surface area (Å²) in [6.07, 6.45) is 0. The second-order valence-corrected chi connectivity index (χ2v) is 5.54. The SMILES string of the molecule is CCS(=O)C(C)C(=O)Nc1cccc(C#N)c1. The van der Waals surface area contributed by atoms with Crippen molar-refractivity contribution < 1.29 is 9.00 Å². The Bertz CT molecular complexity index is 480. The molecule has 0 aliphatic rings. The zero-order valence-electron chi connectivity index (χ0n) is 9.77. The number of rotatable bonds is 4. The van der Waals surface area contributed by atoms with Crippen molar-refractivity contribution in [2.75, 3.05) is 11.1 Å². The minimum Gasteiger partial charge on any atom is -0.325 e. The van der Waals surface area contributed by atoms with Gasteiger partial charge in [-0.25, -0.2) is 0 Å². The molecule has 4 nitrogen and oxygen atoms in total. The molecule has 0 radical (unpaired) electrons. The predicted molar refractivity (Wildman–Crippen MR) is 67.9 cm³/mol. The van der Waals surface area contributed by atoms with E-state index < -0.39 is 16.0 Å². The van der Waals surface area contributed by atoms with Crippen molar-refractivity contribution in [3.05, 3.63) is 29.8 Å². The molecule has 5 heteroatoms. The van der Waals surface area contributed by atoms with Crippen LogP contribution in [0.5, 0.6) is 0 Å². The van der Waals surface area contributed by atoms with Crippen LogP contribution in [0.25, 0.3) is 0 Å². The van der Waals surface area contributed by atoms with Crippen LogP contribution in [-0.2, 0) is 15.6 Å². The second kappa shape index (κ2) is 6.16. The maximum atomic E-state index is 11.7. The molecule has 0 fully saturated rings. The quantitative estimate of drug-likeness (QED) is 0.883. The van der Waals surface area contributed by atoms with Gasteiger partial charge in [-0.1, -0.05) is 13.0 Å². The lowest BCUT2D eigenvalue weighted by molar-refractivity contribution is -0.115. The topological polar surface area (TPSA) is 70.0 Å². The van der Waals surface area contributed by atoms with Crippen LogP contribution in [0.15, 0.2) is 24.3 Å². The molecule has 2 unspecified atom stereocenters. The first-order valence-electron chi connectivity index (χ1n) is 5.26. The summed E-state index contributed by atoms with van der Waals surface area (Å²) in [6.45, 7) is 3.40. The molecule has 17 heavy (non-hydrogen) atoms. The van der Waals surface area contributed by atoms with Gasteiger partial charge in [-0.3, -0.25) is 9.00 Å². The molecular weight excluding hydrogens is 236 g/mol. The van der Waals surface area contributed by atoms with Crippen LogP contribution >= 0.6 is 0 Å². The Hall–Kier alpha value is -1.67. The third-order valence-corrected chi connectivity index (χ3v) is 3.88. The molecule has 1 N–H and O–H groups in total. The Morgan fingerprint density at radius 2 is 2.29 bits per heavy atom. The maximum absolute atomic E-state index is 11.7. The predicted octanol–water partition coefficient (Wildman–Crippen LogP) is 1.65. The van der Waals surface area contributed by atoms with Gasteiger partial charge in [-0.05, 0) is 25.1 Å². The third kappa shape index (κ3) is 3.68. The number of carbonyl (C=O) groups is 1. The lowest BCUT2D eigenvalue weighted by atomic mass is 10.2. The van der Waals surface area contributed by atoms with Gasteiger partial charge in [0.25, 0.3) is 0 Å². The molecule has 90 valence electrons. The third-order valence-electron chi connectivity index (χ3n) is 2.31. The molecular formula is C12H14N2O2S. The fraction of sp³-hybridized carbons (Fsp3) is 0.333. The van der Waals surface area contributed by atoms with Crippen LogP contribution in [0.3, 0.4) is 0 Å². The average molecular weight is 250 g/mol. The van der Waals surface area contributed by atoms with E-state index >= 15 is 0 Å². The van der Waals surface area contributed by atoms with Crippen LogP contribution in [-0.4, -0.2) is 21.1 Å². The molecule has 0 aliphatic heterocycles. The van der Waals surface area contributed by atoms with Crippen LogP contribution < -0.4 is 5.32 Å². The van der Waals surface area contributed by atoms with Crippen LogP contribution in [0, 0.1) is 11.3 Å². The molecule has 0 heterocycles. The highest BCUT2D eigenvalue weighted by Crippen LogP contribution is 2.11. The van der Waals surface area contributed by atoms with E-state index in [0.29, 0.717) is 17.0 Å². The normalized spacial score (nSPS) is 13.5. The van der Waals surface area contributed by atoms with Crippen molar-refractivity contribution >= 4 is 22.4 Å². The largest absolute Gasteiger partial charge is 0.325 e. The monoisotopic (exact) mass is 250 g/mol. The molecule has 0 spiro atoms. The van der Waals surface area contributed by atoms with E-state index in [1.807, 2.05) is 6.07 Å². The molecule has 1 amide bonds. The Kier molecular flexibility index (Phi) is 4.85. The van der Waals surface area contributed by atoms with Crippen molar-refractivity contribution in [1.82, 2.24) is 0 Å². The van der Waals surface area contributed by atoms with E-state index in [9.17, 15) is 9.00 Å². The van der Waals surface area contributed by atoms with Gasteiger partial charge in [-0.15, -0.1) is 0 Å². The van der Waals surface area contributed by atoms with Crippen LogP contribution in [0.1, 0.15) is 19.4 Å². The van der Waals surface area contributed by atoms with Crippen molar-refractivity contribution in [3.8, 4) is 6.07 Å². The minimum atomic E-state index is -1.16. The Morgan fingerprint density at radius 1 is 1.59 bits per heavy atom. The van der Waals surface area contributed by atoms with Crippen LogP contribution in [0.4, 0.5) is 5.69 Å². The number of hydrogen-bond donors (Lipinski definition) is 1. The highest BCUT2D eigenvalue weighted by atomic mass is 32.2.